The Morgan fingerprint density at radius 2 is 1.36 bits per heavy atom. The van der Waals surface area contributed by atoms with Gasteiger partial charge in [0.1, 0.15) is 6.10 Å². The van der Waals surface area contributed by atoms with Gasteiger partial charge in [-0.15, -0.1) is 0 Å². The topological polar surface area (TPSA) is 152 Å². The summed E-state index contributed by atoms with van der Waals surface area (Å²) in [5.74, 6) is -2.97. The highest BCUT2D eigenvalue weighted by molar-refractivity contribution is 7.87. The van der Waals surface area contributed by atoms with Crippen molar-refractivity contribution in [3.8, 4) is 0 Å². The van der Waals surface area contributed by atoms with Crippen molar-refractivity contribution in [2.24, 2.45) is 0 Å². The number of carbonyl (C=O) groups excluding carboxylic acids is 3. The Kier molecular flexibility index (Phi) is 7.75. The molecule has 0 aromatic heterocycles. The van der Waals surface area contributed by atoms with Crippen LogP contribution in [0.2, 0.25) is 0 Å². The van der Waals surface area contributed by atoms with Gasteiger partial charge in [-0.1, -0.05) is 0 Å². The van der Waals surface area contributed by atoms with Crippen LogP contribution in [0.15, 0.2) is 0 Å². The predicted octanol–water partition coefficient (Wildman–Crippen LogP) is -0.635. The average molecular weight is 438 g/mol. The lowest BCUT2D eigenvalue weighted by molar-refractivity contribution is -0.294. The number of aliphatic hydroxyl groups is 1. The summed E-state index contributed by atoms with van der Waals surface area (Å²) in [5, 5.41) is 9.95. The molecule has 15 heteroatoms. The van der Waals surface area contributed by atoms with Crippen molar-refractivity contribution >= 4 is 28.0 Å². The number of ether oxygens (including phenoxy) is 4. The minimum Gasteiger partial charge on any atom is -0.456 e. The van der Waals surface area contributed by atoms with E-state index in [0.717, 1.165) is 20.8 Å². The Hall–Kier alpha value is -1.97. The molecule has 0 radical (unpaired) electrons. The van der Waals surface area contributed by atoms with E-state index in [4.69, 9.17) is 18.9 Å². The molecule has 0 bridgehead atoms. The van der Waals surface area contributed by atoms with Crippen LogP contribution >= 0.6 is 0 Å². The molecule has 0 amide bonds. The van der Waals surface area contributed by atoms with E-state index in [9.17, 15) is 41.1 Å². The van der Waals surface area contributed by atoms with Crippen LogP contribution in [-0.2, 0) is 47.6 Å². The fraction of sp³-hybridized carbons (Fsp3) is 0.769. The lowest BCUT2D eigenvalue weighted by Gasteiger charge is -2.42. The first-order chi connectivity index (χ1) is 12.7. The second kappa shape index (κ2) is 9.02. The molecular weight excluding hydrogens is 421 g/mol. The summed E-state index contributed by atoms with van der Waals surface area (Å²) in [6.45, 7) is 1.38. The minimum absolute atomic E-state index is 0.890. The number of carbonyl (C=O) groups is 3. The summed E-state index contributed by atoms with van der Waals surface area (Å²) in [4.78, 5) is 33.9. The van der Waals surface area contributed by atoms with E-state index in [2.05, 4.69) is 4.18 Å². The lowest BCUT2D eigenvalue weighted by atomic mass is 9.98. The minimum atomic E-state index is -6.03. The largest absolute Gasteiger partial charge is 0.523 e. The van der Waals surface area contributed by atoms with Gasteiger partial charge in [-0.2, -0.15) is 21.6 Å². The molecule has 0 spiro atoms. The number of aliphatic hydroxyl groups excluding tert-OH is 1. The molecule has 28 heavy (non-hydrogen) atoms. The van der Waals surface area contributed by atoms with Gasteiger partial charge in [0.15, 0.2) is 24.6 Å². The lowest BCUT2D eigenvalue weighted by Crippen LogP contribution is -2.62. The molecule has 1 saturated heterocycles. The first kappa shape index (κ1) is 24.1. The van der Waals surface area contributed by atoms with Gasteiger partial charge in [0.05, 0.1) is 6.61 Å². The molecule has 0 aromatic carbocycles. The number of halogens is 3. The Labute approximate surface area is 156 Å². The van der Waals surface area contributed by atoms with E-state index in [1.807, 2.05) is 0 Å². The fourth-order valence-corrected chi connectivity index (χ4v) is 2.68. The highest BCUT2D eigenvalue weighted by Gasteiger charge is 2.53. The number of rotatable bonds is 6. The number of esters is 3. The number of alkyl halides is 3. The van der Waals surface area contributed by atoms with Gasteiger partial charge >= 0.3 is 33.5 Å². The number of hydrogen-bond donors (Lipinski definition) is 1. The first-order valence-corrected chi connectivity index (χ1v) is 8.87. The van der Waals surface area contributed by atoms with Crippen LogP contribution in [-0.4, -0.2) is 74.3 Å². The Morgan fingerprint density at radius 3 is 1.79 bits per heavy atom. The third-order valence-corrected chi connectivity index (χ3v) is 4.20. The number of hydrogen-bond acceptors (Lipinski definition) is 11. The average Bonchev–Trinajstić information content (AvgIpc) is 2.49. The standard InChI is InChI=1S/C13H17F3O11S/c1-5(17)24-9-8(4-23-28(21,22)13(14,15)16)27-12(20)11(26-7(3)19)10(9)25-6(2)18/h8-12,20H,4H2,1-3H3/t8-,9-,10+,11-,12+/m1/s1. The molecular formula is C13H17F3O11S. The molecule has 11 nitrogen and oxygen atoms in total. The second-order valence-corrected chi connectivity index (χ2v) is 7.08. The van der Waals surface area contributed by atoms with Gasteiger partial charge in [-0.25, -0.2) is 0 Å². The molecule has 1 aliphatic heterocycles. The van der Waals surface area contributed by atoms with Crippen LogP contribution in [0.25, 0.3) is 0 Å². The van der Waals surface area contributed by atoms with Crippen LogP contribution < -0.4 is 0 Å². The highest BCUT2D eigenvalue weighted by atomic mass is 32.2. The van der Waals surface area contributed by atoms with Crippen LogP contribution in [0.1, 0.15) is 20.8 Å². The molecule has 1 rings (SSSR count). The first-order valence-electron chi connectivity index (χ1n) is 7.46. The van der Waals surface area contributed by atoms with Crippen LogP contribution in [0.5, 0.6) is 0 Å². The quantitative estimate of drug-likeness (QED) is 0.244. The third kappa shape index (κ3) is 6.29. The molecule has 0 aromatic rings. The van der Waals surface area contributed by atoms with E-state index in [1.54, 1.807) is 0 Å². The monoisotopic (exact) mass is 438 g/mol. The third-order valence-electron chi connectivity index (χ3n) is 3.19. The van der Waals surface area contributed by atoms with Gasteiger partial charge < -0.3 is 24.1 Å². The van der Waals surface area contributed by atoms with Crippen molar-refractivity contribution in [2.75, 3.05) is 6.61 Å². The van der Waals surface area contributed by atoms with Crippen molar-refractivity contribution < 1.29 is 64.2 Å². The summed E-state index contributed by atoms with van der Waals surface area (Å²) < 4.78 is 82.5. The Bertz CT molecular complexity index is 705. The molecule has 162 valence electrons. The van der Waals surface area contributed by atoms with E-state index >= 15 is 0 Å². The van der Waals surface area contributed by atoms with Gasteiger partial charge in [-0.3, -0.25) is 18.6 Å². The SMILES string of the molecule is CC(=O)O[C@@H]1[C@@H](OC(C)=O)[C@@H](O)O[C@H](COS(=O)(=O)C(F)(F)F)[C@H]1OC(C)=O. The van der Waals surface area contributed by atoms with Gasteiger partial charge in [0.25, 0.3) is 0 Å². The molecule has 0 unspecified atom stereocenters. The van der Waals surface area contributed by atoms with Gasteiger partial charge in [-0.05, 0) is 0 Å². The Balaban J connectivity index is 3.19. The zero-order valence-corrected chi connectivity index (χ0v) is 15.5. The fourth-order valence-electron chi connectivity index (χ4n) is 2.23. The van der Waals surface area contributed by atoms with E-state index in [0.29, 0.717) is 0 Å². The molecule has 1 fully saturated rings. The predicted molar refractivity (Wildman–Crippen MR) is 78.5 cm³/mol. The van der Waals surface area contributed by atoms with Crippen LogP contribution in [0.3, 0.4) is 0 Å². The summed E-state index contributed by atoms with van der Waals surface area (Å²) >= 11 is 0. The summed E-state index contributed by atoms with van der Waals surface area (Å²) in [6, 6.07) is 0. The second-order valence-electron chi connectivity index (χ2n) is 5.47. The van der Waals surface area contributed by atoms with E-state index in [-0.39, 0.29) is 0 Å². The Morgan fingerprint density at radius 1 is 0.929 bits per heavy atom. The summed E-state index contributed by atoms with van der Waals surface area (Å²) in [6.07, 6.45) is -9.11. The molecule has 1 N–H and O–H groups in total. The van der Waals surface area contributed by atoms with Crippen molar-refractivity contribution in [1.82, 2.24) is 0 Å². The summed E-state index contributed by atoms with van der Waals surface area (Å²) in [7, 11) is -6.03. The highest BCUT2D eigenvalue weighted by Crippen LogP contribution is 2.30. The molecule has 1 heterocycles. The zero-order valence-electron chi connectivity index (χ0n) is 14.7. The van der Waals surface area contributed by atoms with Gasteiger partial charge in [0, 0.05) is 20.8 Å². The van der Waals surface area contributed by atoms with Crippen molar-refractivity contribution in [3.63, 3.8) is 0 Å². The van der Waals surface area contributed by atoms with E-state index in [1.165, 1.54) is 0 Å². The normalized spacial score (nSPS) is 28.3. The zero-order chi connectivity index (χ0) is 21.9. The van der Waals surface area contributed by atoms with Crippen molar-refractivity contribution in [1.29, 1.82) is 0 Å². The maximum atomic E-state index is 12.4. The molecule has 0 aliphatic carbocycles. The van der Waals surface area contributed by atoms with Crippen LogP contribution in [0, 0.1) is 0 Å². The van der Waals surface area contributed by atoms with Gasteiger partial charge in [0.2, 0.25) is 0 Å². The molecule has 1 aliphatic rings. The maximum Gasteiger partial charge on any atom is 0.523 e. The van der Waals surface area contributed by atoms with Crippen LogP contribution in [0.4, 0.5) is 13.2 Å². The van der Waals surface area contributed by atoms with E-state index < -0.39 is 70.8 Å². The molecule has 5 atom stereocenters. The van der Waals surface area contributed by atoms with Crippen molar-refractivity contribution in [3.05, 3.63) is 0 Å². The molecule has 0 saturated carbocycles. The summed E-state index contributed by atoms with van der Waals surface area (Å²) in [5.41, 5.74) is -5.74. The maximum absolute atomic E-state index is 12.4. The smallest absolute Gasteiger partial charge is 0.456 e. The van der Waals surface area contributed by atoms with Crippen molar-refractivity contribution in [2.45, 2.75) is 57.0 Å².